The molecule has 0 saturated heterocycles. The summed E-state index contributed by atoms with van der Waals surface area (Å²) in [7, 11) is -3.09. The summed E-state index contributed by atoms with van der Waals surface area (Å²) >= 11 is 0. The summed E-state index contributed by atoms with van der Waals surface area (Å²) in [6, 6.07) is 0. The summed E-state index contributed by atoms with van der Waals surface area (Å²) in [6.07, 6.45) is 6.77. The van der Waals surface area contributed by atoms with Crippen LogP contribution in [0.2, 0.25) is 0 Å². The lowest BCUT2D eigenvalue weighted by Gasteiger charge is -2.28. The van der Waals surface area contributed by atoms with Crippen LogP contribution in [0.1, 0.15) is 59.3 Å². The van der Waals surface area contributed by atoms with E-state index in [1.807, 2.05) is 0 Å². The maximum atomic E-state index is 11.9. The van der Waals surface area contributed by atoms with Crippen molar-refractivity contribution in [3.05, 3.63) is 0 Å². The number of ether oxygens (including phenoxy) is 1. The Labute approximate surface area is 118 Å². The van der Waals surface area contributed by atoms with Gasteiger partial charge >= 0.3 is 0 Å². The number of hydrogen-bond acceptors (Lipinski definition) is 4. The quantitative estimate of drug-likeness (QED) is 0.623. The molecule has 0 spiro atoms. The van der Waals surface area contributed by atoms with E-state index in [0.29, 0.717) is 6.61 Å². The normalized spacial score (nSPS) is 21.1. The third-order valence-electron chi connectivity index (χ3n) is 3.92. The predicted octanol–water partition coefficient (Wildman–Crippen LogP) is 2.27. The van der Waals surface area contributed by atoms with Gasteiger partial charge in [0.05, 0.1) is 23.7 Å². The van der Waals surface area contributed by atoms with E-state index < -0.39 is 14.6 Å². The highest BCUT2D eigenvalue weighted by molar-refractivity contribution is 7.92. The molecule has 0 aromatic carbocycles. The first kappa shape index (κ1) is 16.9. The Bertz CT molecular complexity index is 363. The second kappa shape index (κ2) is 6.55. The second-order valence-corrected chi connectivity index (χ2v) is 9.62. The van der Waals surface area contributed by atoms with Crippen molar-refractivity contribution in [1.82, 2.24) is 0 Å². The van der Waals surface area contributed by atoms with Crippen LogP contribution in [0.5, 0.6) is 0 Å². The third-order valence-corrected chi connectivity index (χ3v) is 6.49. The Morgan fingerprint density at radius 2 is 1.63 bits per heavy atom. The van der Waals surface area contributed by atoms with Crippen LogP contribution in [0.15, 0.2) is 0 Å². The molecule has 0 aromatic rings. The van der Waals surface area contributed by atoms with Gasteiger partial charge in [-0.1, -0.05) is 25.7 Å². The van der Waals surface area contributed by atoms with Gasteiger partial charge in [-0.3, -0.25) is 0 Å². The Balaban J connectivity index is 2.34. The lowest BCUT2D eigenvalue weighted by molar-refractivity contribution is 0.0880. The summed E-state index contributed by atoms with van der Waals surface area (Å²) in [5, 5.41) is 0. The van der Waals surface area contributed by atoms with Gasteiger partial charge in [0.15, 0.2) is 9.84 Å². The molecule has 0 aliphatic heterocycles. The smallest absolute Gasteiger partial charge is 0.157 e. The second-order valence-electron chi connectivity index (χ2n) is 6.76. The van der Waals surface area contributed by atoms with Crippen LogP contribution in [0.3, 0.4) is 0 Å². The van der Waals surface area contributed by atoms with E-state index in [1.165, 1.54) is 12.8 Å². The number of sulfone groups is 1. The fourth-order valence-corrected chi connectivity index (χ4v) is 3.28. The van der Waals surface area contributed by atoms with Crippen LogP contribution >= 0.6 is 0 Å². The van der Waals surface area contributed by atoms with Crippen LogP contribution in [0, 0.1) is 0 Å². The Morgan fingerprint density at radius 1 is 1.11 bits per heavy atom. The van der Waals surface area contributed by atoms with Crippen LogP contribution in [0.25, 0.3) is 0 Å². The molecule has 0 unspecified atom stereocenters. The first-order valence-electron chi connectivity index (χ1n) is 7.25. The zero-order valence-corrected chi connectivity index (χ0v) is 13.4. The van der Waals surface area contributed by atoms with Crippen molar-refractivity contribution in [2.45, 2.75) is 69.6 Å². The van der Waals surface area contributed by atoms with Crippen molar-refractivity contribution in [3.63, 3.8) is 0 Å². The molecule has 0 atom stereocenters. The standard InChI is InChI=1S/C14H29NO3S/c1-13(2,3)19(16,17)11-10-18-12-14(15)8-6-4-5-7-9-14/h4-12,15H2,1-3H3. The molecule has 0 amide bonds. The van der Waals surface area contributed by atoms with E-state index in [4.69, 9.17) is 10.5 Å². The molecule has 0 aromatic heterocycles. The Kier molecular flexibility index (Phi) is 5.83. The molecule has 1 saturated carbocycles. The highest BCUT2D eigenvalue weighted by atomic mass is 32.2. The van der Waals surface area contributed by atoms with Gasteiger partial charge in [-0.15, -0.1) is 0 Å². The molecule has 1 fully saturated rings. The number of nitrogens with two attached hydrogens (primary N) is 1. The summed E-state index contributed by atoms with van der Waals surface area (Å²) in [4.78, 5) is 0. The molecule has 2 N–H and O–H groups in total. The fourth-order valence-electron chi connectivity index (χ4n) is 2.33. The topological polar surface area (TPSA) is 69.4 Å². The summed E-state index contributed by atoms with van der Waals surface area (Å²) in [6.45, 7) is 5.89. The zero-order valence-electron chi connectivity index (χ0n) is 12.6. The monoisotopic (exact) mass is 291 g/mol. The van der Waals surface area contributed by atoms with Crippen molar-refractivity contribution in [2.75, 3.05) is 19.0 Å². The van der Waals surface area contributed by atoms with Gasteiger partial charge in [0, 0.05) is 5.54 Å². The summed E-state index contributed by atoms with van der Waals surface area (Å²) in [5.74, 6) is 0.0760. The van der Waals surface area contributed by atoms with E-state index in [9.17, 15) is 8.42 Å². The lowest BCUT2D eigenvalue weighted by atomic mass is 9.93. The van der Waals surface area contributed by atoms with Crippen LogP contribution in [-0.4, -0.2) is 37.7 Å². The first-order valence-corrected chi connectivity index (χ1v) is 8.91. The van der Waals surface area contributed by atoms with Gasteiger partial charge in [0.25, 0.3) is 0 Å². The molecule has 1 rings (SSSR count). The van der Waals surface area contributed by atoms with Gasteiger partial charge in [-0.25, -0.2) is 8.42 Å². The molecule has 0 heterocycles. The van der Waals surface area contributed by atoms with E-state index in [2.05, 4.69) is 0 Å². The number of hydrogen-bond donors (Lipinski definition) is 1. The minimum Gasteiger partial charge on any atom is -0.378 e. The summed E-state index contributed by atoms with van der Waals surface area (Å²) in [5.41, 5.74) is 6.07. The maximum absolute atomic E-state index is 11.9. The van der Waals surface area contributed by atoms with Gasteiger partial charge in [-0.2, -0.15) is 0 Å². The first-order chi connectivity index (χ1) is 8.66. The van der Waals surface area contributed by atoms with Crippen LogP contribution < -0.4 is 5.73 Å². The van der Waals surface area contributed by atoms with Crippen molar-refractivity contribution >= 4 is 9.84 Å². The fraction of sp³-hybridized carbons (Fsp3) is 1.00. The average molecular weight is 291 g/mol. The molecule has 0 radical (unpaired) electrons. The zero-order chi connectivity index (χ0) is 14.6. The van der Waals surface area contributed by atoms with Gasteiger partial charge < -0.3 is 10.5 Å². The highest BCUT2D eigenvalue weighted by Crippen LogP contribution is 2.25. The Hall–Kier alpha value is -0.130. The van der Waals surface area contributed by atoms with Crippen molar-refractivity contribution in [3.8, 4) is 0 Å². The largest absolute Gasteiger partial charge is 0.378 e. The molecule has 5 heteroatoms. The SMILES string of the molecule is CC(C)(C)S(=O)(=O)CCOCC1(N)CCCCCC1. The van der Waals surface area contributed by atoms with Gasteiger partial charge in [0.1, 0.15) is 0 Å². The molecule has 1 aliphatic rings. The third kappa shape index (κ3) is 5.40. The molecule has 1 aliphatic carbocycles. The van der Waals surface area contributed by atoms with Crippen molar-refractivity contribution in [1.29, 1.82) is 0 Å². The van der Waals surface area contributed by atoms with E-state index in [-0.39, 0.29) is 17.9 Å². The summed E-state index contributed by atoms with van der Waals surface area (Å²) < 4.78 is 28.7. The Morgan fingerprint density at radius 3 is 2.11 bits per heavy atom. The maximum Gasteiger partial charge on any atom is 0.157 e. The molecule has 19 heavy (non-hydrogen) atoms. The van der Waals surface area contributed by atoms with Crippen LogP contribution in [0.4, 0.5) is 0 Å². The predicted molar refractivity (Wildman–Crippen MR) is 79.0 cm³/mol. The lowest BCUT2D eigenvalue weighted by Crippen LogP contribution is -2.44. The number of rotatable bonds is 5. The minimum absolute atomic E-state index is 0.0760. The molecule has 4 nitrogen and oxygen atoms in total. The van der Waals surface area contributed by atoms with E-state index in [0.717, 1.165) is 25.7 Å². The minimum atomic E-state index is -3.09. The molecular weight excluding hydrogens is 262 g/mol. The van der Waals surface area contributed by atoms with E-state index in [1.54, 1.807) is 20.8 Å². The van der Waals surface area contributed by atoms with Gasteiger partial charge in [-0.05, 0) is 33.6 Å². The molecular formula is C14H29NO3S. The molecule has 0 bridgehead atoms. The van der Waals surface area contributed by atoms with E-state index >= 15 is 0 Å². The van der Waals surface area contributed by atoms with Gasteiger partial charge in [0.2, 0.25) is 0 Å². The average Bonchev–Trinajstić information content (AvgIpc) is 2.49. The molecule has 114 valence electrons. The van der Waals surface area contributed by atoms with Crippen LogP contribution in [-0.2, 0) is 14.6 Å². The van der Waals surface area contributed by atoms with Crippen molar-refractivity contribution in [2.24, 2.45) is 5.73 Å². The van der Waals surface area contributed by atoms with Crippen molar-refractivity contribution < 1.29 is 13.2 Å². The highest BCUT2D eigenvalue weighted by Gasteiger charge is 2.30.